The van der Waals surface area contributed by atoms with E-state index in [9.17, 15) is 4.39 Å². The molecular weight excluding hydrogens is 265 g/mol. The zero-order chi connectivity index (χ0) is 15.0. The van der Waals surface area contributed by atoms with Gasteiger partial charge >= 0.3 is 0 Å². The van der Waals surface area contributed by atoms with E-state index < -0.39 is 0 Å². The Labute approximate surface area is 122 Å². The zero-order valence-corrected chi connectivity index (χ0v) is 11.9. The van der Waals surface area contributed by atoms with Crippen molar-refractivity contribution in [3.05, 3.63) is 59.4 Å². The lowest BCUT2D eigenvalue weighted by atomic mass is 9.99. The Bertz CT molecular complexity index is 788. The standard InChI is InChI=1S/C17H16FN3/c1-10-3-6-12(7-4-10)15-16(20-21-17(15)19)13-8-5-11(2)14(18)9-13/h3-9H,1-2H3,(H3,19,20,21). The molecule has 3 aromatic rings. The number of anilines is 1. The highest BCUT2D eigenvalue weighted by Crippen LogP contribution is 2.35. The van der Waals surface area contributed by atoms with Crippen molar-refractivity contribution in [1.82, 2.24) is 10.2 Å². The van der Waals surface area contributed by atoms with Gasteiger partial charge in [0.05, 0.1) is 11.3 Å². The molecule has 0 radical (unpaired) electrons. The maximum atomic E-state index is 13.8. The number of nitrogen functional groups attached to an aromatic ring is 1. The molecule has 0 aliphatic heterocycles. The predicted molar refractivity (Wildman–Crippen MR) is 83.3 cm³/mol. The summed E-state index contributed by atoms with van der Waals surface area (Å²) in [5.74, 6) is 0.172. The second-order valence-corrected chi connectivity index (χ2v) is 5.19. The monoisotopic (exact) mass is 281 g/mol. The van der Waals surface area contributed by atoms with Crippen LogP contribution in [0.15, 0.2) is 42.5 Å². The van der Waals surface area contributed by atoms with Gasteiger partial charge in [-0.15, -0.1) is 0 Å². The summed E-state index contributed by atoms with van der Waals surface area (Å²) in [6.45, 7) is 3.76. The quantitative estimate of drug-likeness (QED) is 0.743. The van der Waals surface area contributed by atoms with Gasteiger partial charge in [0.1, 0.15) is 5.82 Å². The molecule has 0 saturated carbocycles. The molecule has 2 aromatic carbocycles. The Hall–Kier alpha value is -2.62. The first-order valence-electron chi connectivity index (χ1n) is 6.73. The van der Waals surface area contributed by atoms with Crippen molar-refractivity contribution >= 4 is 5.82 Å². The smallest absolute Gasteiger partial charge is 0.153 e. The van der Waals surface area contributed by atoms with Crippen molar-refractivity contribution in [3.8, 4) is 22.4 Å². The molecule has 21 heavy (non-hydrogen) atoms. The molecule has 3 rings (SSSR count). The van der Waals surface area contributed by atoms with E-state index in [2.05, 4.69) is 10.2 Å². The summed E-state index contributed by atoms with van der Waals surface area (Å²) in [6.07, 6.45) is 0. The Morgan fingerprint density at radius 2 is 1.67 bits per heavy atom. The fraction of sp³-hybridized carbons (Fsp3) is 0.118. The molecule has 0 fully saturated rings. The topological polar surface area (TPSA) is 54.7 Å². The van der Waals surface area contributed by atoms with Gasteiger partial charge in [0.25, 0.3) is 0 Å². The molecule has 106 valence electrons. The Morgan fingerprint density at radius 1 is 1.00 bits per heavy atom. The summed E-state index contributed by atoms with van der Waals surface area (Å²) in [6, 6.07) is 13.1. The largest absolute Gasteiger partial charge is 0.382 e. The van der Waals surface area contributed by atoms with Crippen molar-refractivity contribution in [2.75, 3.05) is 5.73 Å². The van der Waals surface area contributed by atoms with Crippen LogP contribution in [0.3, 0.4) is 0 Å². The average Bonchev–Trinajstić information content (AvgIpc) is 2.85. The van der Waals surface area contributed by atoms with Crippen LogP contribution in [-0.2, 0) is 0 Å². The fourth-order valence-corrected chi connectivity index (χ4v) is 2.33. The Kier molecular flexibility index (Phi) is 3.22. The minimum absolute atomic E-state index is 0.240. The number of benzene rings is 2. The van der Waals surface area contributed by atoms with Crippen molar-refractivity contribution in [2.24, 2.45) is 0 Å². The minimum atomic E-state index is -0.240. The van der Waals surface area contributed by atoms with Crippen LogP contribution in [0.1, 0.15) is 11.1 Å². The van der Waals surface area contributed by atoms with Crippen molar-refractivity contribution in [1.29, 1.82) is 0 Å². The lowest BCUT2D eigenvalue weighted by molar-refractivity contribution is 0.619. The van der Waals surface area contributed by atoms with Gasteiger partial charge in [-0.2, -0.15) is 5.10 Å². The van der Waals surface area contributed by atoms with Gasteiger partial charge in [0.15, 0.2) is 5.82 Å². The van der Waals surface area contributed by atoms with Crippen LogP contribution in [0.4, 0.5) is 10.2 Å². The van der Waals surface area contributed by atoms with E-state index in [1.165, 1.54) is 11.6 Å². The Morgan fingerprint density at radius 3 is 2.33 bits per heavy atom. The number of nitrogens with one attached hydrogen (secondary N) is 1. The third kappa shape index (κ3) is 2.40. The van der Waals surface area contributed by atoms with Crippen LogP contribution >= 0.6 is 0 Å². The number of nitrogens with zero attached hydrogens (tertiary/aromatic N) is 1. The number of aryl methyl sites for hydroxylation is 2. The number of nitrogens with two attached hydrogens (primary N) is 1. The number of hydrogen-bond acceptors (Lipinski definition) is 2. The average molecular weight is 281 g/mol. The van der Waals surface area contributed by atoms with E-state index in [1.54, 1.807) is 13.0 Å². The second kappa shape index (κ2) is 5.05. The number of aromatic nitrogens is 2. The van der Waals surface area contributed by atoms with E-state index in [4.69, 9.17) is 5.73 Å². The lowest BCUT2D eigenvalue weighted by Gasteiger charge is -2.06. The minimum Gasteiger partial charge on any atom is -0.382 e. The van der Waals surface area contributed by atoms with E-state index in [0.29, 0.717) is 11.4 Å². The third-order valence-electron chi connectivity index (χ3n) is 3.60. The Balaban J connectivity index is 2.16. The first-order valence-corrected chi connectivity index (χ1v) is 6.73. The van der Waals surface area contributed by atoms with Crippen molar-refractivity contribution < 1.29 is 4.39 Å². The molecule has 1 aromatic heterocycles. The van der Waals surface area contributed by atoms with E-state index in [-0.39, 0.29) is 5.82 Å². The normalized spacial score (nSPS) is 10.8. The van der Waals surface area contributed by atoms with Crippen LogP contribution < -0.4 is 5.73 Å². The molecule has 0 atom stereocenters. The van der Waals surface area contributed by atoms with Gasteiger partial charge in [0, 0.05) is 5.56 Å². The molecule has 0 aliphatic carbocycles. The van der Waals surface area contributed by atoms with E-state index >= 15 is 0 Å². The number of rotatable bonds is 2. The zero-order valence-electron chi connectivity index (χ0n) is 11.9. The van der Waals surface area contributed by atoms with E-state index in [1.807, 2.05) is 37.3 Å². The van der Waals surface area contributed by atoms with Gasteiger partial charge in [-0.3, -0.25) is 5.10 Å². The third-order valence-corrected chi connectivity index (χ3v) is 3.60. The van der Waals surface area contributed by atoms with Gasteiger partial charge in [-0.05, 0) is 31.0 Å². The molecule has 3 nitrogen and oxygen atoms in total. The second-order valence-electron chi connectivity index (χ2n) is 5.19. The van der Waals surface area contributed by atoms with Crippen LogP contribution in [0, 0.1) is 19.7 Å². The summed E-state index contributed by atoms with van der Waals surface area (Å²) in [5.41, 5.74) is 11.0. The highest BCUT2D eigenvalue weighted by atomic mass is 19.1. The summed E-state index contributed by atoms with van der Waals surface area (Å²) < 4.78 is 13.8. The predicted octanol–water partition coefficient (Wildman–Crippen LogP) is 4.08. The van der Waals surface area contributed by atoms with Gasteiger partial charge in [0.2, 0.25) is 0 Å². The summed E-state index contributed by atoms with van der Waals surface area (Å²) in [7, 11) is 0. The van der Waals surface area contributed by atoms with Crippen LogP contribution in [0.25, 0.3) is 22.4 Å². The summed E-state index contributed by atoms with van der Waals surface area (Å²) in [5, 5.41) is 6.98. The molecule has 1 heterocycles. The molecule has 3 N–H and O–H groups in total. The molecule has 0 bridgehead atoms. The van der Waals surface area contributed by atoms with Gasteiger partial charge < -0.3 is 5.73 Å². The van der Waals surface area contributed by atoms with Crippen LogP contribution in [-0.4, -0.2) is 10.2 Å². The molecule has 0 spiro atoms. The molecule has 0 amide bonds. The highest BCUT2D eigenvalue weighted by Gasteiger charge is 2.15. The van der Waals surface area contributed by atoms with Crippen LogP contribution in [0.5, 0.6) is 0 Å². The summed E-state index contributed by atoms with van der Waals surface area (Å²) in [4.78, 5) is 0. The lowest BCUT2D eigenvalue weighted by Crippen LogP contribution is -1.90. The molecular formula is C17H16FN3. The number of aromatic amines is 1. The van der Waals surface area contributed by atoms with E-state index in [0.717, 1.165) is 22.4 Å². The maximum Gasteiger partial charge on any atom is 0.153 e. The molecule has 0 saturated heterocycles. The maximum absolute atomic E-state index is 13.8. The van der Waals surface area contributed by atoms with Crippen LogP contribution in [0.2, 0.25) is 0 Å². The van der Waals surface area contributed by atoms with Crippen molar-refractivity contribution in [3.63, 3.8) is 0 Å². The molecule has 0 aliphatic rings. The first kappa shape index (κ1) is 13.4. The number of halogens is 1. The molecule has 0 unspecified atom stereocenters. The SMILES string of the molecule is Cc1ccc(-c2c(N)n[nH]c2-c2ccc(C)c(F)c2)cc1. The number of hydrogen-bond donors (Lipinski definition) is 2. The fourth-order valence-electron chi connectivity index (χ4n) is 2.33. The highest BCUT2D eigenvalue weighted by molar-refractivity contribution is 5.87. The van der Waals surface area contributed by atoms with Crippen molar-refractivity contribution in [2.45, 2.75) is 13.8 Å². The molecule has 4 heteroatoms. The van der Waals surface area contributed by atoms with Gasteiger partial charge in [-0.1, -0.05) is 42.0 Å². The first-order chi connectivity index (χ1) is 10.1. The van der Waals surface area contributed by atoms with Gasteiger partial charge in [-0.25, -0.2) is 4.39 Å². The summed E-state index contributed by atoms with van der Waals surface area (Å²) >= 11 is 0. The number of H-pyrrole nitrogens is 1.